The van der Waals surface area contributed by atoms with Crippen LogP contribution in [0.15, 0.2) is 18.2 Å². The predicted octanol–water partition coefficient (Wildman–Crippen LogP) is 1.68. The van der Waals surface area contributed by atoms with Gasteiger partial charge in [0.25, 0.3) is 0 Å². The van der Waals surface area contributed by atoms with E-state index >= 15 is 0 Å². The van der Waals surface area contributed by atoms with Crippen LogP contribution in [0.5, 0.6) is 0 Å². The van der Waals surface area contributed by atoms with Gasteiger partial charge in [0.2, 0.25) is 10.0 Å². The fraction of sp³-hybridized carbons (Fsp3) is 0.357. The van der Waals surface area contributed by atoms with E-state index in [9.17, 15) is 13.2 Å². The lowest BCUT2D eigenvalue weighted by molar-refractivity contribution is 0.249. The zero-order valence-electron chi connectivity index (χ0n) is 13.8. The van der Waals surface area contributed by atoms with Gasteiger partial charge >= 0.3 is 6.03 Å². The van der Waals surface area contributed by atoms with Gasteiger partial charge in [-0.2, -0.15) is 5.10 Å². The van der Waals surface area contributed by atoms with Gasteiger partial charge in [-0.1, -0.05) is 6.07 Å². The van der Waals surface area contributed by atoms with E-state index in [2.05, 4.69) is 30.5 Å². The van der Waals surface area contributed by atoms with Crippen LogP contribution >= 0.6 is 0 Å². The van der Waals surface area contributed by atoms with Crippen molar-refractivity contribution in [3.8, 4) is 0 Å². The smallest absolute Gasteiger partial charge is 0.319 e. The van der Waals surface area contributed by atoms with Crippen molar-refractivity contribution in [1.29, 1.82) is 0 Å². The van der Waals surface area contributed by atoms with Gasteiger partial charge in [-0.05, 0) is 38.5 Å². The van der Waals surface area contributed by atoms with Gasteiger partial charge in [0, 0.05) is 5.69 Å². The number of H-pyrrole nitrogens is 1. The molecule has 2 aromatic rings. The van der Waals surface area contributed by atoms with E-state index in [0.29, 0.717) is 23.0 Å². The third kappa shape index (κ3) is 4.95. The van der Waals surface area contributed by atoms with E-state index in [-0.39, 0.29) is 6.04 Å². The van der Waals surface area contributed by atoms with E-state index in [1.165, 1.54) is 0 Å². The first kappa shape index (κ1) is 17.7. The molecule has 1 aromatic carbocycles. The van der Waals surface area contributed by atoms with E-state index in [1.807, 2.05) is 6.92 Å². The maximum absolute atomic E-state index is 12.1. The molecule has 1 heterocycles. The molecule has 0 spiro atoms. The van der Waals surface area contributed by atoms with Crippen LogP contribution in [0.1, 0.15) is 30.2 Å². The number of carbonyl (C=O) groups is 1. The second-order valence-corrected chi connectivity index (χ2v) is 7.25. The fourth-order valence-electron chi connectivity index (χ4n) is 2.01. The van der Waals surface area contributed by atoms with Gasteiger partial charge in [0.05, 0.1) is 18.0 Å². The number of benzene rings is 1. The van der Waals surface area contributed by atoms with Crippen LogP contribution in [-0.4, -0.2) is 35.9 Å². The number of aromatic nitrogens is 3. The molecule has 2 rings (SSSR count). The van der Waals surface area contributed by atoms with Crippen LogP contribution in [0, 0.1) is 13.8 Å². The van der Waals surface area contributed by atoms with Crippen molar-refractivity contribution in [2.75, 3.05) is 16.3 Å². The summed E-state index contributed by atoms with van der Waals surface area (Å²) in [5, 5.41) is 12.1. The summed E-state index contributed by atoms with van der Waals surface area (Å²) in [5.41, 5.74) is 1.67. The summed E-state index contributed by atoms with van der Waals surface area (Å²) >= 11 is 0. The summed E-state index contributed by atoms with van der Waals surface area (Å²) < 4.78 is 25.0. The van der Waals surface area contributed by atoms with Crippen molar-refractivity contribution in [2.45, 2.75) is 26.8 Å². The first-order valence-electron chi connectivity index (χ1n) is 7.19. The van der Waals surface area contributed by atoms with E-state index in [4.69, 9.17) is 0 Å². The van der Waals surface area contributed by atoms with Crippen molar-refractivity contribution < 1.29 is 13.2 Å². The molecule has 24 heavy (non-hydrogen) atoms. The Morgan fingerprint density at radius 1 is 1.29 bits per heavy atom. The second-order valence-electron chi connectivity index (χ2n) is 5.50. The van der Waals surface area contributed by atoms with Crippen molar-refractivity contribution >= 4 is 27.4 Å². The number of urea groups is 1. The SMILES string of the molecule is Cc1nc([C@@H](C)NC(=O)Nc2cc(NS(C)(=O)=O)ccc2C)n[nH]1. The maximum Gasteiger partial charge on any atom is 0.319 e. The molecule has 0 aliphatic rings. The molecule has 0 fully saturated rings. The number of nitrogens with one attached hydrogen (secondary N) is 4. The zero-order chi connectivity index (χ0) is 17.9. The molecule has 2 amide bonds. The second kappa shape index (κ2) is 6.87. The lowest BCUT2D eigenvalue weighted by Gasteiger charge is -2.14. The van der Waals surface area contributed by atoms with E-state index in [0.717, 1.165) is 11.8 Å². The van der Waals surface area contributed by atoms with Gasteiger partial charge < -0.3 is 10.6 Å². The normalized spacial score (nSPS) is 12.5. The third-order valence-electron chi connectivity index (χ3n) is 3.14. The van der Waals surface area contributed by atoms with E-state index < -0.39 is 16.1 Å². The molecule has 0 bridgehead atoms. The largest absolute Gasteiger partial charge is 0.328 e. The van der Waals surface area contributed by atoms with Crippen molar-refractivity contribution in [3.63, 3.8) is 0 Å². The number of aromatic amines is 1. The highest BCUT2D eigenvalue weighted by Gasteiger charge is 2.14. The van der Waals surface area contributed by atoms with Crippen molar-refractivity contribution in [1.82, 2.24) is 20.5 Å². The number of rotatable bonds is 5. The number of sulfonamides is 1. The summed E-state index contributed by atoms with van der Waals surface area (Å²) in [6.07, 6.45) is 1.06. The number of carbonyl (C=O) groups excluding carboxylic acids is 1. The molecule has 1 aromatic heterocycles. The molecule has 0 unspecified atom stereocenters. The lowest BCUT2D eigenvalue weighted by atomic mass is 10.2. The summed E-state index contributed by atoms with van der Waals surface area (Å²) in [5.74, 6) is 1.14. The Morgan fingerprint density at radius 3 is 2.58 bits per heavy atom. The number of hydrogen-bond acceptors (Lipinski definition) is 5. The van der Waals surface area contributed by atoms with Crippen molar-refractivity contribution in [3.05, 3.63) is 35.4 Å². The highest BCUT2D eigenvalue weighted by Crippen LogP contribution is 2.21. The topological polar surface area (TPSA) is 129 Å². The van der Waals surface area contributed by atoms with Crippen LogP contribution in [0.3, 0.4) is 0 Å². The first-order valence-corrected chi connectivity index (χ1v) is 9.08. The molecule has 0 saturated heterocycles. The quantitative estimate of drug-likeness (QED) is 0.650. The average Bonchev–Trinajstić information content (AvgIpc) is 2.87. The highest BCUT2D eigenvalue weighted by molar-refractivity contribution is 7.92. The molecule has 1 atom stereocenters. The minimum Gasteiger partial charge on any atom is -0.328 e. The molecule has 9 nitrogen and oxygen atoms in total. The molecule has 10 heteroatoms. The van der Waals surface area contributed by atoms with Gasteiger partial charge in [-0.25, -0.2) is 18.2 Å². The number of anilines is 2. The van der Waals surface area contributed by atoms with Gasteiger partial charge in [0.1, 0.15) is 5.82 Å². The van der Waals surface area contributed by atoms with Gasteiger partial charge in [-0.15, -0.1) is 0 Å². The Hall–Kier alpha value is -2.62. The number of aryl methyl sites for hydroxylation is 2. The minimum absolute atomic E-state index is 0.371. The van der Waals surface area contributed by atoms with Crippen LogP contribution in [0.25, 0.3) is 0 Å². The minimum atomic E-state index is -3.39. The highest BCUT2D eigenvalue weighted by atomic mass is 32.2. The standard InChI is InChI=1S/C14H20N6O3S/c1-8-5-6-11(20-24(4,22)23)7-12(8)17-14(21)15-9(2)13-16-10(3)18-19-13/h5-7,9,20H,1-4H3,(H2,15,17,21)(H,16,18,19)/t9-/m1/s1. The van der Waals surface area contributed by atoms with Crippen LogP contribution in [0.2, 0.25) is 0 Å². The lowest BCUT2D eigenvalue weighted by Crippen LogP contribution is -2.32. The third-order valence-corrected chi connectivity index (χ3v) is 3.74. The van der Waals surface area contributed by atoms with Gasteiger partial charge in [0.15, 0.2) is 5.82 Å². The van der Waals surface area contributed by atoms with Gasteiger partial charge in [-0.3, -0.25) is 9.82 Å². The Kier molecular flexibility index (Phi) is 5.07. The van der Waals surface area contributed by atoms with E-state index in [1.54, 1.807) is 32.0 Å². The summed E-state index contributed by atoms with van der Waals surface area (Å²) in [4.78, 5) is 16.3. The van der Waals surface area contributed by atoms with Crippen LogP contribution in [-0.2, 0) is 10.0 Å². The zero-order valence-corrected chi connectivity index (χ0v) is 14.7. The fourth-order valence-corrected chi connectivity index (χ4v) is 2.56. The average molecular weight is 352 g/mol. The Bertz CT molecular complexity index is 846. The predicted molar refractivity (Wildman–Crippen MR) is 91.3 cm³/mol. The summed E-state index contributed by atoms with van der Waals surface area (Å²) in [6.45, 7) is 5.34. The molecule has 0 aliphatic carbocycles. The molecule has 130 valence electrons. The number of nitrogens with zero attached hydrogens (tertiary/aromatic N) is 2. The number of hydrogen-bond donors (Lipinski definition) is 4. The number of amides is 2. The molecule has 0 aliphatic heterocycles. The monoisotopic (exact) mass is 352 g/mol. The maximum atomic E-state index is 12.1. The molecule has 0 radical (unpaired) electrons. The summed E-state index contributed by atoms with van der Waals surface area (Å²) in [6, 6.07) is 4.07. The molecular weight excluding hydrogens is 332 g/mol. The molecule has 0 saturated carbocycles. The Balaban J connectivity index is 2.06. The van der Waals surface area contributed by atoms with Crippen LogP contribution < -0.4 is 15.4 Å². The van der Waals surface area contributed by atoms with Crippen LogP contribution in [0.4, 0.5) is 16.2 Å². The first-order chi connectivity index (χ1) is 11.1. The van der Waals surface area contributed by atoms with Crippen molar-refractivity contribution in [2.24, 2.45) is 0 Å². The summed E-state index contributed by atoms with van der Waals surface area (Å²) in [7, 11) is -3.39. The Morgan fingerprint density at radius 2 is 2.00 bits per heavy atom. The molecular formula is C14H20N6O3S. The Labute approximate surface area is 140 Å². The molecule has 4 N–H and O–H groups in total.